The van der Waals surface area contributed by atoms with Gasteiger partial charge in [0, 0.05) is 28.4 Å². The maximum absolute atomic E-state index is 12.4. The third kappa shape index (κ3) is 3.39. The van der Waals surface area contributed by atoms with Crippen molar-refractivity contribution in [2.24, 2.45) is 0 Å². The molecule has 2 aromatic rings. The molecule has 0 unspecified atom stereocenters. The highest BCUT2D eigenvalue weighted by molar-refractivity contribution is 6.31. The number of benzene rings is 1. The van der Waals surface area contributed by atoms with E-state index in [0.29, 0.717) is 16.1 Å². The summed E-state index contributed by atoms with van der Waals surface area (Å²) >= 11 is 6.02. The SMILES string of the molecule is Cc1cc(C)c(CNC(=O)c2cc(Cl)cc(C)c2C)c(=O)[nH]1. The van der Waals surface area contributed by atoms with E-state index in [1.165, 1.54) is 0 Å². The molecule has 4 nitrogen and oxygen atoms in total. The van der Waals surface area contributed by atoms with E-state index in [2.05, 4.69) is 10.3 Å². The normalized spacial score (nSPS) is 10.6. The molecule has 0 atom stereocenters. The molecule has 2 rings (SSSR count). The molecular formula is C17H19ClN2O2. The quantitative estimate of drug-likeness (QED) is 0.913. The van der Waals surface area contributed by atoms with Crippen molar-refractivity contribution < 1.29 is 4.79 Å². The Morgan fingerprint density at radius 2 is 1.82 bits per heavy atom. The molecule has 116 valence electrons. The fraction of sp³-hybridized carbons (Fsp3) is 0.294. The average Bonchev–Trinajstić information content (AvgIpc) is 2.41. The van der Waals surface area contributed by atoms with Crippen molar-refractivity contribution in [2.75, 3.05) is 0 Å². The number of H-pyrrole nitrogens is 1. The molecule has 0 aliphatic rings. The number of aromatic nitrogens is 1. The van der Waals surface area contributed by atoms with Crippen LogP contribution in [0.1, 0.15) is 38.3 Å². The Hall–Kier alpha value is -2.07. The molecule has 0 radical (unpaired) electrons. The summed E-state index contributed by atoms with van der Waals surface area (Å²) in [4.78, 5) is 27.1. The molecule has 1 heterocycles. The first-order chi connectivity index (χ1) is 10.3. The maximum Gasteiger partial charge on any atom is 0.253 e. The Kier molecular flexibility index (Phi) is 4.71. The lowest BCUT2D eigenvalue weighted by Gasteiger charge is -2.11. The molecule has 0 saturated heterocycles. The lowest BCUT2D eigenvalue weighted by atomic mass is 10.0. The van der Waals surface area contributed by atoms with E-state index in [1.807, 2.05) is 39.8 Å². The van der Waals surface area contributed by atoms with Gasteiger partial charge in [-0.3, -0.25) is 9.59 Å². The van der Waals surface area contributed by atoms with Crippen LogP contribution in [0.15, 0.2) is 23.0 Å². The van der Waals surface area contributed by atoms with Crippen LogP contribution in [0.4, 0.5) is 0 Å². The number of hydrogen-bond acceptors (Lipinski definition) is 2. The van der Waals surface area contributed by atoms with Crippen LogP contribution in [-0.4, -0.2) is 10.9 Å². The highest BCUT2D eigenvalue weighted by Crippen LogP contribution is 2.20. The first kappa shape index (κ1) is 16.3. The Morgan fingerprint density at radius 3 is 2.45 bits per heavy atom. The molecule has 1 aromatic heterocycles. The summed E-state index contributed by atoms with van der Waals surface area (Å²) < 4.78 is 0. The molecule has 22 heavy (non-hydrogen) atoms. The van der Waals surface area contributed by atoms with E-state index < -0.39 is 0 Å². The molecule has 1 aromatic carbocycles. The lowest BCUT2D eigenvalue weighted by Crippen LogP contribution is -2.28. The van der Waals surface area contributed by atoms with Crippen molar-refractivity contribution in [2.45, 2.75) is 34.2 Å². The largest absolute Gasteiger partial charge is 0.348 e. The number of amides is 1. The van der Waals surface area contributed by atoms with Gasteiger partial charge in [0.05, 0.1) is 0 Å². The zero-order chi connectivity index (χ0) is 16.4. The number of carbonyl (C=O) groups is 1. The minimum absolute atomic E-state index is 0.170. The molecule has 0 aliphatic heterocycles. The van der Waals surface area contributed by atoms with Gasteiger partial charge in [0.25, 0.3) is 11.5 Å². The Labute approximate surface area is 134 Å². The zero-order valence-corrected chi connectivity index (χ0v) is 13.9. The minimum Gasteiger partial charge on any atom is -0.348 e. The van der Waals surface area contributed by atoms with Crippen LogP contribution in [0.25, 0.3) is 0 Å². The maximum atomic E-state index is 12.4. The summed E-state index contributed by atoms with van der Waals surface area (Å²) in [7, 11) is 0. The van der Waals surface area contributed by atoms with Crippen LogP contribution < -0.4 is 10.9 Å². The number of aromatic amines is 1. The first-order valence-electron chi connectivity index (χ1n) is 7.04. The smallest absolute Gasteiger partial charge is 0.253 e. The van der Waals surface area contributed by atoms with Gasteiger partial charge in [0.15, 0.2) is 0 Å². The summed E-state index contributed by atoms with van der Waals surface area (Å²) in [6.07, 6.45) is 0. The van der Waals surface area contributed by atoms with Crippen molar-refractivity contribution in [3.8, 4) is 0 Å². The third-order valence-electron chi connectivity index (χ3n) is 3.80. The monoisotopic (exact) mass is 318 g/mol. The predicted octanol–water partition coefficient (Wildman–Crippen LogP) is 3.19. The molecule has 0 bridgehead atoms. The van der Waals surface area contributed by atoms with Crippen LogP contribution in [-0.2, 0) is 6.54 Å². The fourth-order valence-corrected chi connectivity index (χ4v) is 2.69. The van der Waals surface area contributed by atoms with Crippen molar-refractivity contribution in [3.05, 3.63) is 67.1 Å². The predicted molar refractivity (Wildman–Crippen MR) is 88.6 cm³/mol. The van der Waals surface area contributed by atoms with Crippen molar-refractivity contribution in [3.63, 3.8) is 0 Å². The van der Waals surface area contributed by atoms with Crippen LogP contribution in [0, 0.1) is 27.7 Å². The van der Waals surface area contributed by atoms with E-state index in [9.17, 15) is 9.59 Å². The van der Waals surface area contributed by atoms with Gasteiger partial charge in [0.2, 0.25) is 0 Å². The topological polar surface area (TPSA) is 62.0 Å². The molecule has 0 aliphatic carbocycles. The highest BCUT2D eigenvalue weighted by atomic mass is 35.5. The molecule has 1 amide bonds. The van der Waals surface area contributed by atoms with Gasteiger partial charge in [-0.15, -0.1) is 0 Å². The van der Waals surface area contributed by atoms with Gasteiger partial charge in [-0.05, 0) is 62.6 Å². The number of pyridine rings is 1. The summed E-state index contributed by atoms with van der Waals surface area (Å²) in [5, 5.41) is 3.32. The van der Waals surface area contributed by atoms with Crippen molar-refractivity contribution in [1.82, 2.24) is 10.3 Å². The highest BCUT2D eigenvalue weighted by Gasteiger charge is 2.13. The molecule has 0 saturated carbocycles. The van der Waals surface area contributed by atoms with E-state index in [-0.39, 0.29) is 18.0 Å². The number of halogens is 1. The second-order valence-electron chi connectivity index (χ2n) is 5.52. The average molecular weight is 319 g/mol. The number of rotatable bonds is 3. The number of hydrogen-bond donors (Lipinski definition) is 2. The van der Waals surface area contributed by atoms with E-state index >= 15 is 0 Å². The summed E-state index contributed by atoms with van der Waals surface area (Å²) in [6.45, 7) is 7.66. The number of nitrogens with one attached hydrogen (secondary N) is 2. The van der Waals surface area contributed by atoms with Crippen molar-refractivity contribution in [1.29, 1.82) is 0 Å². The van der Waals surface area contributed by atoms with Crippen LogP contribution in [0.5, 0.6) is 0 Å². The van der Waals surface area contributed by atoms with Gasteiger partial charge in [-0.1, -0.05) is 11.6 Å². The lowest BCUT2D eigenvalue weighted by molar-refractivity contribution is 0.0950. The Balaban J connectivity index is 2.23. The van der Waals surface area contributed by atoms with Crippen LogP contribution in [0.2, 0.25) is 5.02 Å². The van der Waals surface area contributed by atoms with Crippen LogP contribution >= 0.6 is 11.6 Å². The minimum atomic E-state index is -0.234. The summed E-state index contributed by atoms with van der Waals surface area (Å²) in [6, 6.07) is 5.35. The van der Waals surface area contributed by atoms with Crippen molar-refractivity contribution >= 4 is 17.5 Å². The second-order valence-corrected chi connectivity index (χ2v) is 5.96. The van der Waals surface area contributed by atoms with Gasteiger partial charge in [-0.25, -0.2) is 0 Å². The molecule has 5 heteroatoms. The van der Waals surface area contributed by atoms with E-state index in [0.717, 1.165) is 22.4 Å². The van der Waals surface area contributed by atoms with Gasteiger partial charge < -0.3 is 10.3 Å². The number of carbonyl (C=O) groups excluding carboxylic acids is 1. The summed E-state index contributed by atoms with van der Waals surface area (Å²) in [5.74, 6) is -0.234. The second kappa shape index (κ2) is 6.36. The molecular weight excluding hydrogens is 300 g/mol. The van der Waals surface area contributed by atoms with Crippen LogP contribution in [0.3, 0.4) is 0 Å². The molecule has 2 N–H and O–H groups in total. The standard InChI is InChI=1S/C17H19ClN2O2/c1-9-6-13(18)7-14(12(9)4)16(21)19-8-15-10(2)5-11(3)20-17(15)22/h5-7H,8H2,1-4H3,(H,19,21)(H,20,22). The Morgan fingerprint density at radius 1 is 1.14 bits per heavy atom. The first-order valence-corrected chi connectivity index (χ1v) is 7.41. The third-order valence-corrected chi connectivity index (χ3v) is 4.01. The molecule has 0 spiro atoms. The van der Waals surface area contributed by atoms with E-state index in [4.69, 9.17) is 11.6 Å². The number of aryl methyl sites for hydroxylation is 3. The Bertz CT molecular complexity index is 794. The van der Waals surface area contributed by atoms with E-state index in [1.54, 1.807) is 6.07 Å². The fourth-order valence-electron chi connectivity index (χ4n) is 2.42. The van der Waals surface area contributed by atoms with Gasteiger partial charge in [-0.2, -0.15) is 0 Å². The summed E-state index contributed by atoms with van der Waals surface area (Å²) in [5.41, 5.74) is 4.44. The zero-order valence-electron chi connectivity index (χ0n) is 13.1. The van der Waals surface area contributed by atoms with Gasteiger partial charge in [0.1, 0.15) is 0 Å². The van der Waals surface area contributed by atoms with Gasteiger partial charge >= 0.3 is 0 Å². The molecule has 0 fully saturated rings.